The lowest BCUT2D eigenvalue weighted by atomic mass is 9.90. The molecule has 0 heterocycles. The Labute approximate surface area is 112 Å². The minimum Gasteiger partial charge on any atom is -0.480 e. The standard InChI is InChI=1S/C14H30N2O2/c1-6-12(4)16(5)11-9-10-14(7-2,13(17)18)15-8-3/h12,15H,6-11H2,1-5H3,(H,17,18). The predicted molar refractivity (Wildman–Crippen MR) is 76.0 cm³/mol. The zero-order valence-corrected chi connectivity index (χ0v) is 12.6. The van der Waals surface area contributed by atoms with Crippen LogP contribution in [0.2, 0.25) is 0 Å². The van der Waals surface area contributed by atoms with E-state index in [1.807, 2.05) is 13.8 Å². The van der Waals surface area contributed by atoms with Crippen LogP contribution in [0.4, 0.5) is 0 Å². The van der Waals surface area contributed by atoms with Gasteiger partial charge in [0, 0.05) is 6.04 Å². The van der Waals surface area contributed by atoms with Crippen molar-refractivity contribution in [3.63, 3.8) is 0 Å². The molecule has 0 aliphatic heterocycles. The summed E-state index contributed by atoms with van der Waals surface area (Å²) in [5.41, 5.74) is -0.745. The van der Waals surface area contributed by atoms with Crippen molar-refractivity contribution in [2.75, 3.05) is 20.1 Å². The zero-order valence-electron chi connectivity index (χ0n) is 12.6. The molecule has 0 spiro atoms. The molecule has 4 heteroatoms. The fourth-order valence-electron chi connectivity index (χ4n) is 2.22. The number of hydrogen-bond donors (Lipinski definition) is 2. The van der Waals surface area contributed by atoms with Crippen LogP contribution >= 0.6 is 0 Å². The average Bonchev–Trinajstić information content (AvgIpc) is 2.36. The molecule has 0 bridgehead atoms. The van der Waals surface area contributed by atoms with Crippen LogP contribution in [0.3, 0.4) is 0 Å². The molecule has 0 fully saturated rings. The summed E-state index contributed by atoms with van der Waals surface area (Å²) in [6, 6.07) is 0.560. The number of likely N-dealkylation sites (N-methyl/N-ethyl adjacent to an activating group) is 1. The lowest BCUT2D eigenvalue weighted by molar-refractivity contribution is -0.145. The van der Waals surface area contributed by atoms with E-state index in [9.17, 15) is 9.90 Å². The Bertz CT molecular complexity index is 246. The minimum atomic E-state index is -0.745. The first-order valence-corrected chi connectivity index (χ1v) is 7.12. The van der Waals surface area contributed by atoms with E-state index in [2.05, 4.69) is 31.1 Å². The maximum atomic E-state index is 11.4. The van der Waals surface area contributed by atoms with Crippen molar-refractivity contribution in [3.05, 3.63) is 0 Å². The van der Waals surface area contributed by atoms with Gasteiger partial charge in [0.1, 0.15) is 5.54 Å². The summed E-state index contributed by atoms with van der Waals surface area (Å²) in [4.78, 5) is 13.7. The SMILES string of the molecule is CCNC(CC)(CCCN(C)C(C)CC)C(=O)O. The van der Waals surface area contributed by atoms with Crippen molar-refractivity contribution in [1.29, 1.82) is 0 Å². The van der Waals surface area contributed by atoms with E-state index in [4.69, 9.17) is 0 Å². The fourth-order valence-corrected chi connectivity index (χ4v) is 2.22. The lowest BCUT2D eigenvalue weighted by Crippen LogP contribution is -2.52. The number of hydrogen-bond acceptors (Lipinski definition) is 3. The molecule has 0 aliphatic carbocycles. The van der Waals surface area contributed by atoms with Crippen molar-refractivity contribution in [2.45, 2.75) is 65.0 Å². The molecule has 0 aromatic rings. The van der Waals surface area contributed by atoms with E-state index in [0.29, 0.717) is 25.4 Å². The summed E-state index contributed by atoms with van der Waals surface area (Å²) in [5.74, 6) is -0.724. The van der Waals surface area contributed by atoms with Crippen LogP contribution < -0.4 is 5.32 Å². The lowest BCUT2D eigenvalue weighted by Gasteiger charge is -2.31. The van der Waals surface area contributed by atoms with Gasteiger partial charge in [-0.2, -0.15) is 0 Å². The summed E-state index contributed by atoms with van der Waals surface area (Å²) >= 11 is 0. The smallest absolute Gasteiger partial charge is 0.323 e. The van der Waals surface area contributed by atoms with Crippen LogP contribution in [0.1, 0.15) is 53.4 Å². The highest BCUT2D eigenvalue weighted by Gasteiger charge is 2.35. The van der Waals surface area contributed by atoms with Gasteiger partial charge in [0.15, 0.2) is 0 Å². The third-order valence-electron chi connectivity index (χ3n) is 3.99. The van der Waals surface area contributed by atoms with Gasteiger partial charge in [-0.3, -0.25) is 4.79 Å². The Kier molecular flexibility index (Phi) is 8.20. The van der Waals surface area contributed by atoms with E-state index < -0.39 is 11.5 Å². The Hall–Kier alpha value is -0.610. The van der Waals surface area contributed by atoms with Crippen LogP contribution in [-0.2, 0) is 4.79 Å². The van der Waals surface area contributed by atoms with Crippen LogP contribution in [0.15, 0.2) is 0 Å². The fraction of sp³-hybridized carbons (Fsp3) is 0.929. The Morgan fingerprint density at radius 1 is 1.39 bits per heavy atom. The molecule has 4 nitrogen and oxygen atoms in total. The largest absolute Gasteiger partial charge is 0.480 e. The molecule has 0 aliphatic rings. The second-order valence-electron chi connectivity index (χ2n) is 5.11. The summed E-state index contributed by atoms with van der Waals surface area (Å²) in [7, 11) is 2.11. The van der Waals surface area contributed by atoms with Crippen molar-refractivity contribution >= 4 is 5.97 Å². The second kappa shape index (κ2) is 8.48. The number of rotatable bonds is 10. The molecule has 0 radical (unpaired) electrons. The summed E-state index contributed by atoms with van der Waals surface area (Å²) < 4.78 is 0. The molecule has 2 atom stereocenters. The summed E-state index contributed by atoms with van der Waals surface area (Å²) in [5, 5.41) is 12.5. The third kappa shape index (κ3) is 4.94. The number of carbonyl (C=O) groups is 1. The average molecular weight is 258 g/mol. The molecule has 0 saturated heterocycles. The van der Waals surface area contributed by atoms with Crippen LogP contribution in [0.25, 0.3) is 0 Å². The molecule has 18 heavy (non-hydrogen) atoms. The maximum absolute atomic E-state index is 11.4. The highest BCUT2D eigenvalue weighted by Crippen LogP contribution is 2.18. The molecular formula is C14H30N2O2. The van der Waals surface area contributed by atoms with Gasteiger partial charge in [-0.1, -0.05) is 20.8 Å². The van der Waals surface area contributed by atoms with E-state index >= 15 is 0 Å². The van der Waals surface area contributed by atoms with Gasteiger partial charge >= 0.3 is 5.97 Å². The minimum absolute atomic E-state index is 0.560. The van der Waals surface area contributed by atoms with E-state index in [1.165, 1.54) is 0 Å². The van der Waals surface area contributed by atoms with Crippen LogP contribution in [0.5, 0.6) is 0 Å². The molecule has 2 unspecified atom stereocenters. The number of aliphatic carboxylic acids is 1. The van der Waals surface area contributed by atoms with E-state index in [1.54, 1.807) is 0 Å². The Balaban J connectivity index is 4.32. The van der Waals surface area contributed by atoms with Crippen molar-refractivity contribution in [2.24, 2.45) is 0 Å². The quantitative estimate of drug-likeness (QED) is 0.631. The Morgan fingerprint density at radius 2 is 2.00 bits per heavy atom. The zero-order chi connectivity index (χ0) is 14.2. The van der Waals surface area contributed by atoms with Crippen molar-refractivity contribution < 1.29 is 9.90 Å². The van der Waals surface area contributed by atoms with Crippen molar-refractivity contribution in [3.8, 4) is 0 Å². The topological polar surface area (TPSA) is 52.6 Å². The number of carboxylic acid groups (broad SMARTS) is 1. The monoisotopic (exact) mass is 258 g/mol. The molecule has 0 saturated carbocycles. The molecule has 2 N–H and O–H groups in total. The molecule has 0 aromatic heterocycles. The van der Waals surface area contributed by atoms with Gasteiger partial charge in [-0.15, -0.1) is 0 Å². The van der Waals surface area contributed by atoms with Gasteiger partial charge in [0.25, 0.3) is 0 Å². The second-order valence-corrected chi connectivity index (χ2v) is 5.11. The molecule has 0 aromatic carbocycles. The Morgan fingerprint density at radius 3 is 2.39 bits per heavy atom. The molecular weight excluding hydrogens is 228 g/mol. The summed E-state index contributed by atoms with van der Waals surface area (Å²) in [6.45, 7) is 9.92. The maximum Gasteiger partial charge on any atom is 0.323 e. The van der Waals surface area contributed by atoms with Crippen molar-refractivity contribution in [1.82, 2.24) is 10.2 Å². The van der Waals surface area contributed by atoms with E-state index in [-0.39, 0.29) is 0 Å². The normalized spacial score (nSPS) is 16.6. The number of nitrogens with one attached hydrogen (secondary N) is 1. The number of carboxylic acids is 1. The van der Waals surface area contributed by atoms with Crippen LogP contribution in [-0.4, -0.2) is 47.7 Å². The van der Waals surface area contributed by atoms with Gasteiger partial charge in [-0.25, -0.2) is 0 Å². The van der Waals surface area contributed by atoms with Crippen LogP contribution in [0, 0.1) is 0 Å². The highest BCUT2D eigenvalue weighted by atomic mass is 16.4. The molecule has 108 valence electrons. The highest BCUT2D eigenvalue weighted by molar-refractivity contribution is 5.78. The van der Waals surface area contributed by atoms with Gasteiger partial charge in [-0.05, 0) is 52.7 Å². The first-order chi connectivity index (χ1) is 8.43. The third-order valence-corrected chi connectivity index (χ3v) is 3.99. The molecule has 0 amide bonds. The van der Waals surface area contributed by atoms with E-state index in [0.717, 1.165) is 19.4 Å². The predicted octanol–water partition coefficient (Wildman–Crippen LogP) is 2.34. The van der Waals surface area contributed by atoms with Gasteiger partial charge in [0.05, 0.1) is 0 Å². The first-order valence-electron chi connectivity index (χ1n) is 7.12. The summed E-state index contributed by atoms with van der Waals surface area (Å²) in [6.07, 6.45) is 3.35. The number of nitrogens with zero attached hydrogens (tertiary/aromatic N) is 1. The molecule has 0 rings (SSSR count). The van der Waals surface area contributed by atoms with Gasteiger partial charge < -0.3 is 15.3 Å². The van der Waals surface area contributed by atoms with Gasteiger partial charge in [0.2, 0.25) is 0 Å². The first kappa shape index (κ1) is 17.4.